The highest BCUT2D eigenvalue weighted by atomic mass is 32.2. The van der Waals surface area contributed by atoms with Crippen LogP contribution in [0.25, 0.3) is 0 Å². The van der Waals surface area contributed by atoms with Gasteiger partial charge in [0.05, 0.1) is 18.5 Å². The molecule has 0 heterocycles. The van der Waals surface area contributed by atoms with Gasteiger partial charge < -0.3 is 15.2 Å². The molecule has 0 rings (SSSR count). The third-order valence-corrected chi connectivity index (χ3v) is 2.49. The zero-order valence-electron chi connectivity index (χ0n) is 8.69. The van der Waals surface area contributed by atoms with Gasteiger partial charge in [-0.2, -0.15) is 0 Å². The fourth-order valence-corrected chi connectivity index (χ4v) is 1.35. The Balaban J connectivity index is 3.36. The van der Waals surface area contributed by atoms with E-state index in [0.717, 1.165) is 0 Å². The van der Waals surface area contributed by atoms with Crippen molar-refractivity contribution in [3.05, 3.63) is 0 Å². The summed E-state index contributed by atoms with van der Waals surface area (Å²) in [7, 11) is -2.91. The fraction of sp³-hybridized carbons (Fsp3) is 1.00. The van der Waals surface area contributed by atoms with E-state index in [9.17, 15) is 13.5 Å². The average Bonchev–Trinajstić information content (AvgIpc) is 2.07. The molecule has 0 bridgehead atoms. The van der Waals surface area contributed by atoms with Crippen molar-refractivity contribution in [2.24, 2.45) is 0 Å². The Labute approximate surface area is 85.4 Å². The lowest BCUT2D eigenvalue weighted by molar-refractivity contribution is 0.0432. The van der Waals surface area contributed by atoms with E-state index in [1.807, 2.05) is 6.92 Å². The largest absolute Gasteiger partial charge is 0.389 e. The lowest BCUT2D eigenvalue weighted by Crippen LogP contribution is -2.33. The number of ether oxygens (including phenoxy) is 1. The molecule has 0 spiro atoms. The van der Waals surface area contributed by atoms with Crippen molar-refractivity contribution in [3.63, 3.8) is 0 Å². The second-order valence-corrected chi connectivity index (χ2v) is 5.41. The van der Waals surface area contributed by atoms with Crippen molar-refractivity contribution in [3.8, 4) is 0 Å². The number of hydrogen-bond acceptors (Lipinski definition) is 5. The van der Waals surface area contributed by atoms with Crippen LogP contribution in [0.15, 0.2) is 0 Å². The van der Waals surface area contributed by atoms with Crippen LogP contribution in [0.3, 0.4) is 0 Å². The molecular formula is C8H19NO4S. The van der Waals surface area contributed by atoms with Crippen molar-refractivity contribution in [1.29, 1.82) is 0 Å². The molecule has 0 aromatic carbocycles. The standard InChI is InChI=1S/C8H19NO4S/c1-3-13-7-8(10)6-9-4-5-14(2,11)12/h8-10H,3-7H2,1-2H3. The molecule has 1 unspecified atom stereocenters. The van der Waals surface area contributed by atoms with Crippen LogP contribution in [-0.2, 0) is 14.6 Å². The van der Waals surface area contributed by atoms with Gasteiger partial charge in [-0.15, -0.1) is 0 Å². The zero-order chi connectivity index (χ0) is 11.0. The number of nitrogens with one attached hydrogen (secondary N) is 1. The molecule has 14 heavy (non-hydrogen) atoms. The van der Waals surface area contributed by atoms with Crippen LogP contribution < -0.4 is 5.32 Å². The van der Waals surface area contributed by atoms with Gasteiger partial charge in [-0.05, 0) is 6.92 Å². The highest BCUT2D eigenvalue weighted by Gasteiger charge is 2.04. The van der Waals surface area contributed by atoms with Gasteiger partial charge in [-0.1, -0.05) is 0 Å². The maximum atomic E-state index is 10.7. The van der Waals surface area contributed by atoms with E-state index < -0.39 is 15.9 Å². The van der Waals surface area contributed by atoms with Gasteiger partial charge in [0.15, 0.2) is 0 Å². The van der Waals surface area contributed by atoms with Crippen LogP contribution in [0.4, 0.5) is 0 Å². The van der Waals surface area contributed by atoms with E-state index in [1.165, 1.54) is 6.26 Å². The molecular weight excluding hydrogens is 206 g/mol. The number of aliphatic hydroxyl groups excluding tert-OH is 1. The van der Waals surface area contributed by atoms with E-state index in [-0.39, 0.29) is 12.4 Å². The second kappa shape index (κ2) is 7.17. The monoisotopic (exact) mass is 225 g/mol. The molecule has 0 aliphatic heterocycles. The molecule has 0 fully saturated rings. The Morgan fingerprint density at radius 2 is 2.14 bits per heavy atom. The molecule has 86 valence electrons. The summed E-state index contributed by atoms with van der Waals surface area (Å²) < 4.78 is 26.4. The molecule has 0 aromatic rings. The molecule has 0 aliphatic rings. The Hall–Kier alpha value is -0.170. The predicted octanol–water partition coefficient (Wildman–Crippen LogP) is -0.982. The second-order valence-electron chi connectivity index (χ2n) is 3.15. The van der Waals surface area contributed by atoms with Crippen LogP contribution >= 0.6 is 0 Å². The van der Waals surface area contributed by atoms with Crippen LogP contribution in [-0.4, -0.2) is 57.9 Å². The summed E-state index contributed by atoms with van der Waals surface area (Å²) >= 11 is 0. The van der Waals surface area contributed by atoms with Gasteiger partial charge in [0.1, 0.15) is 9.84 Å². The first kappa shape index (κ1) is 13.8. The van der Waals surface area contributed by atoms with Crippen LogP contribution in [0.1, 0.15) is 6.92 Å². The molecule has 6 heteroatoms. The highest BCUT2D eigenvalue weighted by Crippen LogP contribution is 1.84. The van der Waals surface area contributed by atoms with Gasteiger partial charge in [0.2, 0.25) is 0 Å². The number of rotatable bonds is 8. The van der Waals surface area contributed by atoms with Gasteiger partial charge in [0, 0.05) is 26.0 Å². The molecule has 1 atom stereocenters. The SMILES string of the molecule is CCOCC(O)CNCCS(C)(=O)=O. The normalized spacial score (nSPS) is 14.2. The van der Waals surface area contributed by atoms with Crippen LogP contribution in [0.5, 0.6) is 0 Å². The Bertz CT molecular complexity index is 227. The summed E-state index contributed by atoms with van der Waals surface area (Å²) in [4.78, 5) is 0. The molecule has 2 N–H and O–H groups in total. The van der Waals surface area contributed by atoms with Crippen LogP contribution in [0, 0.1) is 0 Å². The quantitative estimate of drug-likeness (QED) is 0.519. The first-order chi connectivity index (χ1) is 6.45. The minimum absolute atomic E-state index is 0.0916. The van der Waals surface area contributed by atoms with Crippen molar-refractivity contribution in [2.75, 3.05) is 38.3 Å². The first-order valence-corrected chi connectivity index (χ1v) is 6.66. The maximum absolute atomic E-state index is 10.7. The Kier molecular flexibility index (Phi) is 7.08. The van der Waals surface area contributed by atoms with E-state index in [0.29, 0.717) is 19.7 Å². The maximum Gasteiger partial charge on any atom is 0.148 e. The summed E-state index contributed by atoms with van der Waals surface area (Å²) in [5.41, 5.74) is 0. The van der Waals surface area contributed by atoms with Crippen molar-refractivity contribution >= 4 is 9.84 Å². The number of aliphatic hydroxyl groups is 1. The fourth-order valence-electron chi connectivity index (χ4n) is 0.839. The first-order valence-electron chi connectivity index (χ1n) is 4.60. The number of sulfone groups is 1. The lowest BCUT2D eigenvalue weighted by atomic mass is 10.4. The molecule has 0 aliphatic carbocycles. The Morgan fingerprint density at radius 3 is 2.64 bits per heavy atom. The highest BCUT2D eigenvalue weighted by molar-refractivity contribution is 7.90. The third kappa shape index (κ3) is 9.91. The Morgan fingerprint density at radius 1 is 1.50 bits per heavy atom. The average molecular weight is 225 g/mol. The topological polar surface area (TPSA) is 75.6 Å². The van der Waals surface area contributed by atoms with Crippen LogP contribution in [0.2, 0.25) is 0 Å². The van der Waals surface area contributed by atoms with Gasteiger partial charge >= 0.3 is 0 Å². The minimum atomic E-state index is -2.91. The molecule has 0 amide bonds. The third-order valence-electron chi connectivity index (χ3n) is 1.54. The lowest BCUT2D eigenvalue weighted by Gasteiger charge is -2.10. The summed E-state index contributed by atoms with van der Waals surface area (Å²) in [6, 6.07) is 0. The summed E-state index contributed by atoms with van der Waals surface area (Å²) in [6.07, 6.45) is 0.611. The molecule has 0 radical (unpaired) electrons. The zero-order valence-corrected chi connectivity index (χ0v) is 9.51. The van der Waals surface area contributed by atoms with Crippen molar-refractivity contribution in [1.82, 2.24) is 5.32 Å². The van der Waals surface area contributed by atoms with E-state index >= 15 is 0 Å². The van der Waals surface area contributed by atoms with Gasteiger partial charge in [0.25, 0.3) is 0 Å². The van der Waals surface area contributed by atoms with E-state index in [1.54, 1.807) is 0 Å². The predicted molar refractivity (Wildman–Crippen MR) is 55.1 cm³/mol. The summed E-state index contributed by atoms with van der Waals surface area (Å²) in [5, 5.41) is 12.1. The molecule has 0 aromatic heterocycles. The van der Waals surface area contributed by atoms with Crippen molar-refractivity contribution < 1.29 is 18.3 Å². The molecule has 0 saturated carbocycles. The number of hydrogen-bond donors (Lipinski definition) is 2. The van der Waals surface area contributed by atoms with Gasteiger partial charge in [-0.25, -0.2) is 8.42 Å². The van der Waals surface area contributed by atoms with E-state index in [4.69, 9.17) is 4.74 Å². The smallest absolute Gasteiger partial charge is 0.148 e. The minimum Gasteiger partial charge on any atom is -0.389 e. The van der Waals surface area contributed by atoms with Gasteiger partial charge in [-0.3, -0.25) is 0 Å². The van der Waals surface area contributed by atoms with E-state index in [2.05, 4.69) is 5.32 Å². The van der Waals surface area contributed by atoms with Crippen molar-refractivity contribution in [2.45, 2.75) is 13.0 Å². The molecule has 0 saturated heterocycles. The summed E-state index contributed by atoms with van der Waals surface area (Å²) in [6.45, 7) is 3.42. The summed E-state index contributed by atoms with van der Waals surface area (Å²) in [5.74, 6) is 0.0916. The molecule has 5 nitrogen and oxygen atoms in total.